The molecular weight excluding hydrogens is 410 g/mol. The molecule has 0 heterocycles. The molecule has 9 N–H and O–H groups in total. The Balaban J connectivity index is 2.56. The van der Waals surface area contributed by atoms with Gasteiger partial charge in [-0.1, -0.05) is 12.1 Å². The fourth-order valence-electron chi connectivity index (χ4n) is 2.47. The molecule has 4 amide bonds. The Morgan fingerprint density at radius 3 is 1.87 bits per heavy atom. The third-order valence-corrected chi connectivity index (χ3v) is 4.25. The summed E-state index contributed by atoms with van der Waals surface area (Å²) >= 11 is 0. The molecule has 0 saturated heterocycles. The van der Waals surface area contributed by atoms with Crippen LogP contribution < -0.4 is 27.4 Å². The number of rotatable bonds is 11. The Hall–Kier alpha value is -3.67. The number of benzene rings is 1. The van der Waals surface area contributed by atoms with E-state index in [9.17, 15) is 29.1 Å². The lowest BCUT2D eigenvalue weighted by Gasteiger charge is -2.21. The number of hydrogen-bond acceptors (Lipinski definition) is 7. The zero-order valence-corrected chi connectivity index (χ0v) is 17.1. The van der Waals surface area contributed by atoms with Crippen molar-refractivity contribution in [2.75, 3.05) is 0 Å². The molecule has 0 aliphatic carbocycles. The minimum Gasteiger partial charge on any atom is -0.508 e. The topological polar surface area (TPSA) is 214 Å². The normalized spacial score (nSPS) is 14.4. The van der Waals surface area contributed by atoms with Gasteiger partial charge >= 0.3 is 5.97 Å². The van der Waals surface area contributed by atoms with Gasteiger partial charge in [0.1, 0.15) is 23.9 Å². The van der Waals surface area contributed by atoms with Gasteiger partial charge in [0, 0.05) is 0 Å². The lowest BCUT2D eigenvalue weighted by molar-refractivity contribution is -0.143. The summed E-state index contributed by atoms with van der Waals surface area (Å²) < 4.78 is 0. The molecule has 12 heteroatoms. The number of aliphatic carboxylic acids is 1. The zero-order valence-electron chi connectivity index (χ0n) is 17.1. The molecular formula is C19H27N5O7. The SMILES string of the molecule is CC(NC(=O)C(N)Cc1ccc(O)cc1)C(=O)NC(C)C(=O)NC(CC(N)=O)C(=O)O. The molecule has 31 heavy (non-hydrogen) atoms. The fourth-order valence-corrected chi connectivity index (χ4v) is 2.47. The summed E-state index contributed by atoms with van der Waals surface area (Å²) in [4.78, 5) is 58.5. The van der Waals surface area contributed by atoms with Crippen molar-refractivity contribution < 1.29 is 34.2 Å². The number of carbonyl (C=O) groups is 5. The van der Waals surface area contributed by atoms with Gasteiger partial charge in [-0.2, -0.15) is 0 Å². The van der Waals surface area contributed by atoms with Crippen LogP contribution in [0.15, 0.2) is 24.3 Å². The molecule has 12 nitrogen and oxygen atoms in total. The maximum atomic E-state index is 12.2. The van der Waals surface area contributed by atoms with E-state index in [-0.39, 0.29) is 12.2 Å². The summed E-state index contributed by atoms with van der Waals surface area (Å²) in [7, 11) is 0. The second kappa shape index (κ2) is 11.5. The van der Waals surface area contributed by atoms with Crippen LogP contribution in [-0.2, 0) is 30.4 Å². The largest absolute Gasteiger partial charge is 0.508 e. The predicted octanol–water partition coefficient (Wildman–Crippen LogP) is -2.28. The van der Waals surface area contributed by atoms with Gasteiger partial charge in [-0.05, 0) is 38.0 Å². The Kier molecular flexibility index (Phi) is 9.41. The van der Waals surface area contributed by atoms with E-state index < -0.39 is 60.2 Å². The van der Waals surface area contributed by atoms with Crippen molar-refractivity contribution in [1.82, 2.24) is 16.0 Å². The highest BCUT2D eigenvalue weighted by molar-refractivity contribution is 5.94. The molecule has 0 spiro atoms. The molecule has 0 bridgehead atoms. The van der Waals surface area contributed by atoms with Crippen LogP contribution in [0.5, 0.6) is 5.75 Å². The minimum atomic E-state index is -1.53. The standard InChI is InChI=1S/C19H27N5O7/c1-9(23-18(29)13(20)7-11-3-5-12(25)6-4-11)16(27)22-10(2)17(28)24-14(19(30)31)8-15(21)26/h3-6,9-10,13-14,25H,7-8,20H2,1-2H3,(H2,21,26)(H,22,27)(H,23,29)(H,24,28)(H,30,31). The van der Waals surface area contributed by atoms with Crippen molar-refractivity contribution in [2.45, 2.75) is 50.9 Å². The number of carbonyl (C=O) groups excluding carboxylic acids is 4. The van der Waals surface area contributed by atoms with Crippen LogP contribution in [0.1, 0.15) is 25.8 Å². The van der Waals surface area contributed by atoms with Crippen LogP contribution in [0.4, 0.5) is 0 Å². The second-order valence-corrected chi connectivity index (χ2v) is 7.01. The fraction of sp³-hybridized carbons (Fsp3) is 0.421. The first kappa shape index (κ1) is 25.4. The monoisotopic (exact) mass is 437 g/mol. The lowest BCUT2D eigenvalue weighted by atomic mass is 10.1. The summed E-state index contributed by atoms with van der Waals surface area (Å²) in [6.45, 7) is 2.69. The minimum absolute atomic E-state index is 0.0783. The molecule has 170 valence electrons. The van der Waals surface area contributed by atoms with Gasteiger partial charge in [-0.3, -0.25) is 19.2 Å². The summed E-state index contributed by atoms with van der Waals surface area (Å²) in [5, 5.41) is 25.1. The maximum Gasteiger partial charge on any atom is 0.326 e. The molecule has 4 unspecified atom stereocenters. The van der Waals surface area contributed by atoms with Gasteiger partial charge in [0.2, 0.25) is 23.6 Å². The number of phenolic OH excluding ortho intramolecular Hbond substituents is 1. The average molecular weight is 437 g/mol. The Bertz CT molecular complexity index is 827. The van der Waals surface area contributed by atoms with Crippen LogP contribution in [-0.4, -0.2) is 64.0 Å². The number of amides is 4. The van der Waals surface area contributed by atoms with E-state index in [1.54, 1.807) is 12.1 Å². The van der Waals surface area contributed by atoms with Gasteiger partial charge in [0.25, 0.3) is 0 Å². The Morgan fingerprint density at radius 2 is 1.39 bits per heavy atom. The molecule has 1 aromatic carbocycles. The van der Waals surface area contributed by atoms with Crippen molar-refractivity contribution in [2.24, 2.45) is 11.5 Å². The van der Waals surface area contributed by atoms with Crippen LogP contribution in [0, 0.1) is 0 Å². The zero-order chi connectivity index (χ0) is 23.7. The molecule has 0 aliphatic heterocycles. The van der Waals surface area contributed by atoms with Crippen LogP contribution in [0.25, 0.3) is 0 Å². The van der Waals surface area contributed by atoms with Gasteiger partial charge < -0.3 is 37.6 Å². The first-order valence-corrected chi connectivity index (χ1v) is 9.36. The summed E-state index contributed by atoms with van der Waals surface area (Å²) in [5.74, 6) is -4.42. The van der Waals surface area contributed by atoms with Crippen molar-refractivity contribution in [3.63, 3.8) is 0 Å². The van der Waals surface area contributed by atoms with Crippen molar-refractivity contribution in [3.05, 3.63) is 29.8 Å². The molecule has 0 radical (unpaired) electrons. The number of primary amides is 1. The number of aromatic hydroxyl groups is 1. The number of hydrogen-bond donors (Lipinski definition) is 7. The molecule has 0 aliphatic rings. The summed E-state index contributed by atoms with van der Waals surface area (Å²) in [5.41, 5.74) is 11.5. The summed E-state index contributed by atoms with van der Waals surface area (Å²) in [6, 6.07) is 1.48. The molecule has 4 atom stereocenters. The van der Waals surface area contributed by atoms with Crippen molar-refractivity contribution >= 4 is 29.6 Å². The highest BCUT2D eigenvalue weighted by Crippen LogP contribution is 2.11. The van der Waals surface area contributed by atoms with Gasteiger partial charge in [-0.15, -0.1) is 0 Å². The van der Waals surface area contributed by atoms with E-state index in [1.807, 2.05) is 0 Å². The Morgan fingerprint density at radius 1 is 0.903 bits per heavy atom. The number of nitrogens with two attached hydrogens (primary N) is 2. The number of phenols is 1. The summed E-state index contributed by atoms with van der Waals surface area (Å²) in [6.07, 6.45) is -0.428. The second-order valence-electron chi connectivity index (χ2n) is 7.01. The van der Waals surface area contributed by atoms with Crippen LogP contribution >= 0.6 is 0 Å². The molecule has 0 fully saturated rings. The highest BCUT2D eigenvalue weighted by Gasteiger charge is 2.27. The van der Waals surface area contributed by atoms with Crippen LogP contribution in [0.3, 0.4) is 0 Å². The number of nitrogens with one attached hydrogen (secondary N) is 3. The molecule has 1 rings (SSSR count). The quantitative estimate of drug-likeness (QED) is 0.200. The number of carboxylic acids is 1. The third kappa shape index (κ3) is 8.70. The molecule has 0 saturated carbocycles. The van der Waals surface area contributed by atoms with E-state index in [0.717, 1.165) is 0 Å². The Labute approximate surface area is 178 Å². The maximum absolute atomic E-state index is 12.2. The van der Waals surface area contributed by atoms with Crippen molar-refractivity contribution in [3.8, 4) is 5.75 Å². The van der Waals surface area contributed by atoms with E-state index in [2.05, 4.69) is 16.0 Å². The lowest BCUT2D eigenvalue weighted by Crippen LogP contribution is -2.55. The van der Waals surface area contributed by atoms with E-state index >= 15 is 0 Å². The van der Waals surface area contributed by atoms with Crippen LogP contribution in [0.2, 0.25) is 0 Å². The van der Waals surface area contributed by atoms with Gasteiger partial charge in [0.15, 0.2) is 0 Å². The van der Waals surface area contributed by atoms with Gasteiger partial charge in [0.05, 0.1) is 12.5 Å². The first-order chi connectivity index (χ1) is 14.4. The first-order valence-electron chi connectivity index (χ1n) is 9.36. The number of carboxylic acid groups (broad SMARTS) is 1. The smallest absolute Gasteiger partial charge is 0.326 e. The molecule has 0 aromatic heterocycles. The third-order valence-electron chi connectivity index (χ3n) is 4.25. The highest BCUT2D eigenvalue weighted by atomic mass is 16.4. The average Bonchev–Trinajstić information content (AvgIpc) is 2.68. The van der Waals surface area contributed by atoms with E-state index in [1.165, 1.54) is 26.0 Å². The van der Waals surface area contributed by atoms with Gasteiger partial charge in [-0.25, -0.2) is 4.79 Å². The predicted molar refractivity (Wildman–Crippen MR) is 108 cm³/mol. The molecule has 1 aromatic rings. The van der Waals surface area contributed by atoms with E-state index in [4.69, 9.17) is 16.6 Å². The van der Waals surface area contributed by atoms with Crippen molar-refractivity contribution in [1.29, 1.82) is 0 Å². The van der Waals surface area contributed by atoms with E-state index in [0.29, 0.717) is 5.56 Å².